The Hall–Kier alpha value is -2.25. The van der Waals surface area contributed by atoms with Crippen molar-refractivity contribution in [3.05, 3.63) is 29.8 Å². The number of alkyl halides is 3. The van der Waals surface area contributed by atoms with E-state index < -0.39 is 31.1 Å². The lowest BCUT2D eigenvalue weighted by Crippen LogP contribution is -2.43. The van der Waals surface area contributed by atoms with E-state index in [2.05, 4.69) is 0 Å². The number of halogens is 3. The summed E-state index contributed by atoms with van der Waals surface area (Å²) < 4.78 is 36.9. The van der Waals surface area contributed by atoms with Crippen molar-refractivity contribution in [1.29, 1.82) is 0 Å². The van der Waals surface area contributed by atoms with Gasteiger partial charge in [0, 0.05) is 5.56 Å². The standard InChI is InChI=1S/C11H10F3NO4/c12-11(13,14)10(19)15(6-9(17)18)5-7-3-1-2-4-8(7)16/h1-4,16H,5-6H2,(H,17,18). The van der Waals surface area contributed by atoms with Crippen molar-refractivity contribution >= 4 is 11.9 Å². The van der Waals surface area contributed by atoms with Crippen LogP contribution < -0.4 is 0 Å². The Balaban J connectivity index is 2.96. The van der Waals surface area contributed by atoms with Crippen LogP contribution in [0.1, 0.15) is 5.56 Å². The smallest absolute Gasteiger partial charge is 0.471 e. The molecule has 0 fully saturated rings. The zero-order valence-electron chi connectivity index (χ0n) is 9.52. The van der Waals surface area contributed by atoms with Crippen LogP contribution in [0.4, 0.5) is 13.2 Å². The molecule has 0 radical (unpaired) electrons. The molecule has 0 atom stereocenters. The van der Waals surface area contributed by atoms with Crippen molar-refractivity contribution in [2.45, 2.75) is 12.7 Å². The highest BCUT2D eigenvalue weighted by Crippen LogP contribution is 2.22. The van der Waals surface area contributed by atoms with Gasteiger partial charge in [0.1, 0.15) is 12.3 Å². The number of aromatic hydroxyl groups is 1. The number of carbonyl (C=O) groups excluding carboxylic acids is 1. The Morgan fingerprint density at radius 3 is 2.26 bits per heavy atom. The normalized spacial score (nSPS) is 11.1. The summed E-state index contributed by atoms with van der Waals surface area (Å²) in [6, 6.07) is 5.43. The number of benzene rings is 1. The third-order valence-electron chi connectivity index (χ3n) is 2.21. The van der Waals surface area contributed by atoms with E-state index in [0.717, 1.165) is 0 Å². The lowest BCUT2D eigenvalue weighted by molar-refractivity contribution is -0.187. The van der Waals surface area contributed by atoms with Crippen molar-refractivity contribution in [3.63, 3.8) is 0 Å². The molecule has 0 heterocycles. The molecule has 19 heavy (non-hydrogen) atoms. The van der Waals surface area contributed by atoms with Crippen molar-refractivity contribution in [2.75, 3.05) is 6.54 Å². The molecular weight excluding hydrogens is 267 g/mol. The summed E-state index contributed by atoms with van der Waals surface area (Å²) >= 11 is 0. The fourth-order valence-corrected chi connectivity index (χ4v) is 1.39. The Bertz CT molecular complexity index is 487. The average molecular weight is 277 g/mol. The summed E-state index contributed by atoms with van der Waals surface area (Å²) in [5, 5.41) is 17.9. The number of carboxylic acid groups (broad SMARTS) is 1. The zero-order chi connectivity index (χ0) is 14.6. The monoisotopic (exact) mass is 277 g/mol. The molecule has 0 aliphatic heterocycles. The van der Waals surface area contributed by atoms with E-state index in [1.807, 2.05) is 0 Å². The molecule has 1 rings (SSSR count). The van der Waals surface area contributed by atoms with E-state index in [1.165, 1.54) is 24.3 Å². The molecule has 5 nitrogen and oxygen atoms in total. The van der Waals surface area contributed by atoms with Crippen LogP contribution in [-0.4, -0.2) is 39.7 Å². The lowest BCUT2D eigenvalue weighted by atomic mass is 10.2. The molecule has 1 aromatic rings. The fourth-order valence-electron chi connectivity index (χ4n) is 1.39. The van der Waals surface area contributed by atoms with E-state index in [1.54, 1.807) is 0 Å². The number of nitrogens with zero attached hydrogens (tertiary/aromatic N) is 1. The summed E-state index contributed by atoms with van der Waals surface area (Å²) in [5.74, 6) is -4.15. The molecule has 0 bridgehead atoms. The van der Waals surface area contributed by atoms with Gasteiger partial charge in [-0.15, -0.1) is 0 Å². The van der Waals surface area contributed by atoms with E-state index >= 15 is 0 Å². The third kappa shape index (κ3) is 4.16. The van der Waals surface area contributed by atoms with Crippen LogP contribution in [0.25, 0.3) is 0 Å². The minimum atomic E-state index is -5.17. The topological polar surface area (TPSA) is 77.8 Å². The predicted octanol–water partition coefficient (Wildman–Crippen LogP) is 1.37. The van der Waals surface area contributed by atoms with Crippen LogP contribution in [-0.2, 0) is 16.1 Å². The molecular formula is C11H10F3NO4. The number of carbonyl (C=O) groups is 2. The van der Waals surface area contributed by atoms with E-state index in [9.17, 15) is 27.9 Å². The highest BCUT2D eigenvalue weighted by atomic mass is 19.4. The SMILES string of the molecule is O=C(O)CN(Cc1ccccc1O)C(=O)C(F)(F)F. The second-order valence-electron chi connectivity index (χ2n) is 3.68. The number of hydrogen-bond acceptors (Lipinski definition) is 3. The van der Waals surface area contributed by atoms with Gasteiger partial charge < -0.3 is 15.1 Å². The molecule has 2 N–H and O–H groups in total. The van der Waals surface area contributed by atoms with Gasteiger partial charge in [0.05, 0.1) is 6.54 Å². The first-order valence-corrected chi connectivity index (χ1v) is 5.06. The molecule has 104 valence electrons. The number of amides is 1. The van der Waals surface area contributed by atoms with Crippen LogP contribution >= 0.6 is 0 Å². The summed E-state index contributed by atoms with van der Waals surface area (Å²) in [5.41, 5.74) is 0.0290. The van der Waals surface area contributed by atoms with Crippen LogP contribution in [0, 0.1) is 0 Å². The molecule has 0 aromatic heterocycles. The zero-order valence-corrected chi connectivity index (χ0v) is 9.52. The van der Waals surface area contributed by atoms with E-state index in [0.29, 0.717) is 0 Å². The number of rotatable bonds is 4. The van der Waals surface area contributed by atoms with Crippen molar-refractivity contribution in [2.24, 2.45) is 0 Å². The molecule has 0 aliphatic rings. The molecule has 0 spiro atoms. The Labute approximate surface area is 105 Å². The van der Waals surface area contributed by atoms with Gasteiger partial charge in [-0.1, -0.05) is 18.2 Å². The van der Waals surface area contributed by atoms with Crippen molar-refractivity contribution < 1.29 is 33.0 Å². The number of para-hydroxylation sites is 1. The summed E-state index contributed by atoms with van der Waals surface area (Å²) in [7, 11) is 0. The van der Waals surface area contributed by atoms with Gasteiger partial charge in [-0.25, -0.2) is 0 Å². The maximum Gasteiger partial charge on any atom is 0.471 e. The minimum absolute atomic E-state index is 0.0290. The van der Waals surface area contributed by atoms with Crippen LogP contribution in [0.5, 0.6) is 5.75 Å². The maximum atomic E-state index is 12.3. The van der Waals surface area contributed by atoms with E-state index in [4.69, 9.17) is 5.11 Å². The Kier molecular flexibility index (Phi) is 4.36. The van der Waals surface area contributed by atoms with Gasteiger partial charge in [-0.3, -0.25) is 9.59 Å². The van der Waals surface area contributed by atoms with Gasteiger partial charge in [-0.2, -0.15) is 13.2 Å². The number of hydrogen-bond donors (Lipinski definition) is 2. The van der Waals surface area contributed by atoms with Crippen molar-refractivity contribution in [1.82, 2.24) is 4.90 Å². The van der Waals surface area contributed by atoms with Gasteiger partial charge >= 0.3 is 18.1 Å². The largest absolute Gasteiger partial charge is 0.508 e. The molecule has 0 saturated heterocycles. The number of carboxylic acids is 1. The van der Waals surface area contributed by atoms with E-state index in [-0.39, 0.29) is 16.2 Å². The highest BCUT2D eigenvalue weighted by molar-refractivity contribution is 5.85. The summed E-state index contributed by atoms with van der Waals surface area (Å²) in [6.45, 7) is -1.75. The molecule has 8 heteroatoms. The first-order valence-electron chi connectivity index (χ1n) is 5.06. The quantitative estimate of drug-likeness (QED) is 0.871. The Morgan fingerprint density at radius 2 is 1.79 bits per heavy atom. The number of aliphatic carboxylic acids is 1. The molecule has 0 aliphatic carbocycles. The van der Waals surface area contributed by atoms with Crippen LogP contribution in [0.2, 0.25) is 0 Å². The predicted molar refractivity (Wildman–Crippen MR) is 57.2 cm³/mol. The first kappa shape index (κ1) is 14.8. The fraction of sp³-hybridized carbons (Fsp3) is 0.273. The lowest BCUT2D eigenvalue weighted by Gasteiger charge is -2.22. The number of phenols is 1. The highest BCUT2D eigenvalue weighted by Gasteiger charge is 2.43. The Morgan fingerprint density at radius 1 is 1.21 bits per heavy atom. The van der Waals surface area contributed by atoms with Gasteiger partial charge in [0.15, 0.2) is 0 Å². The maximum absolute atomic E-state index is 12.3. The summed E-state index contributed by atoms with van der Waals surface area (Å²) in [6.07, 6.45) is -5.17. The van der Waals surface area contributed by atoms with Crippen LogP contribution in [0.15, 0.2) is 24.3 Å². The molecule has 1 aromatic carbocycles. The summed E-state index contributed by atoms with van der Waals surface area (Å²) in [4.78, 5) is 21.7. The van der Waals surface area contributed by atoms with Gasteiger partial charge in [-0.05, 0) is 6.07 Å². The second kappa shape index (κ2) is 5.59. The van der Waals surface area contributed by atoms with Gasteiger partial charge in [0.2, 0.25) is 0 Å². The molecule has 1 amide bonds. The molecule has 0 saturated carbocycles. The second-order valence-corrected chi connectivity index (χ2v) is 3.68. The average Bonchev–Trinajstić information content (AvgIpc) is 2.28. The van der Waals surface area contributed by atoms with Crippen LogP contribution in [0.3, 0.4) is 0 Å². The number of phenolic OH excluding ortho intramolecular Hbond substituents is 1. The third-order valence-corrected chi connectivity index (χ3v) is 2.21. The van der Waals surface area contributed by atoms with Gasteiger partial charge in [0.25, 0.3) is 0 Å². The molecule has 0 unspecified atom stereocenters. The first-order chi connectivity index (χ1) is 8.71. The minimum Gasteiger partial charge on any atom is -0.508 e. The van der Waals surface area contributed by atoms with Crippen molar-refractivity contribution in [3.8, 4) is 5.75 Å².